The molecular formula is C39H26N4. The predicted molar refractivity (Wildman–Crippen MR) is 176 cm³/mol. The second kappa shape index (κ2) is 10.5. The third-order valence-corrected chi connectivity index (χ3v) is 7.87. The Morgan fingerprint density at radius 1 is 0.349 bits per heavy atom. The van der Waals surface area contributed by atoms with Crippen molar-refractivity contribution in [1.29, 1.82) is 0 Å². The van der Waals surface area contributed by atoms with E-state index in [1.54, 1.807) is 0 Å². The number of aromatic nitrogens is 4. The van der Waals surface area contributed by atoms with E-state index in [4.69, 9.17) is 15.0 Å². The molecule has 0 saturated heterocycles. The van der Waals surface area contributed by atoms with Gasteiger partial charge in [0.1, 0.15) is 0 Å². The van der Waals surface area contributed by atoms with E-state index in [9.17, 15) is 0 Å². The number of fused-ring (bicyclic) bond motifs is 3. The SMILES string of the molecule is c1ccc(-c2ccc(-n3c4ccccc4c4cccc(-c5nc(-c6ccccc6)nc(-c6ccccc6)n5)c43)cc2)cc1. The molecule has 2 heterocycles. The monoisotopic (exact) mass is 550 g/mol. The molecule has 0 radical (unpaired) electrons. The van der Waals surface area contributed by atoms with Crippen molar-refractivity contribution in [1.82, 2.24) is 19.5 Å². The van der Waals surface area contributed by atoms with Gasteiger partial charge >= 0.3 is 0 Å². The summed E-state index contributed by atoms with van der Waals surface area (Å²) < 4.78 is 2.34. The molecule has 4 heteroatoms. The normalized spacial score (nSPS) is 11.3. The summed E-state index contributed by atoms with van der Waals surface area (Å²) in [5.74, 6) is 1.94. The largest absolute Gasteiger partial charge is 0.308 e. The van der Waals surface area contributed by atoms with E-state index in [1.807, 2.05) is 66.7 Å². The average molecular weight is 551 g/mol. The number of hydrogen-bond acceptors (Lipinski definition) is 3. The van der Waals surface area contributed by atoms with Crippen molar-refractivity contribution < 1.29 is 0 Å². The van der Waals surface area contributed by atoms with Crippen molar-refractivity contribution in [2.45, 2.75) is 0 Å². The zero-order valence-electron chi connectivity index (χ0n) is 23.3. The molecule has 43 heavy (non-hydrogen) atoms. The Morgan fingerprint density at radius 3 is 1.47 bits per heavy atom. The first-order chi connectivity index (χ1) is 21.3. The quantitative estimate of drug-likeness (QED) is 0.214. The van der Waals surface area contributed by atoms with Gasteiger partial charge in [-0.2, -0.15) is 0 Å². The summed E-state index contributed by atoms with van der Waals surface area (Å²) in [6.45, 7) is 0. The van der Waals surface area contributed by atoms with Crippen LogP contribution < -0.4 is 0 Å². The third kappa shape index (κ3) is 4.46. The Morgan fingerprint density at radius 2 is 0.837 bits per heavy atom. The van der Waals surface area contributed by atoms with Crippen LogP contribution in [0.5, 0.6) is 0 Å². The summed E-state index contributed by atoms with van der Waals surface area (Å²) in [5.41, 5.74) is 8.53. The lowest BCUT2D eigenvalue weighted by molar-refractivity contribution is 1.07. The smallest absolute Gasteiger partial charge is 0.166 e. The molecule has 8 rings (SSSR count). The fourth-order valence-corrected chi connectivity index (χ4v) is 5.83. The van der Waals surface area contributed by atoms with E-state index >= 15 is 0 Å². The van der Waals surface area contributed by atoms with Gasteiger partial charge in [-0.3, -0.25) is 0 Å². The van der Waals surface area contributed by atoms with Crippen molar-refractivity contribution in [2.24, 2.45) is 0 Å². The Bertz CT molecular complexity index is 2150. The minimum absolute atomic E-state index is 0.642. The zero-order chi connectivity index (χ0) is 28.6. The summed E-state index contributed by atoms with van der Waals surface area (Å²) in [6, 6.07) is 54.5. The molecule has 0 aliphatic carbocycles. The first-order valence-electron chi connectivity index (χ1n) is 14.4. The summed E-state index contributed by atoms with van der Waals surface area (Å²) in [6.07, 6.45) is 0. The van der Waals surface area contributed by atoms with Gasteiger partial charge < -0.3 is 4.57 Å². The lowest BCUT2D eigenvalue weighted by Gasteiger charge is -2.13. The van der Waals surface area contributed by atoms with Gasteiger partial charge in [-0.05, 0) is 35.4 Å². The van der Waals surface area contributed by atoms with Crippen molar-refractivity contribution in [3.05, 3.63) is 158 Å². The predicted octanol–water partition coefficient (Wildman–Crippen LogP) is 9.64. The topological polar surface area (TPSA) is 43.6 Å². The molecule has 2 aromatic heterocycles. The molecule has 4 nitrogen and oxygen atoms in total. The molecule has 0 bridgehead atoms. The van der Waals surface area contributed by atoms with E-state index in [-0.39, 0.29) is 0 Å². The molecule has 0 aliphatic heterocycles. The molecule has 0 spiro atoms. The standard InChI is InChI=1S/C39H26N4/c1-4-13-27(14-5-1)28-23-25-31(26-24-28)43-35-22-11-10-19-32(35)33-20-12-21-34(36(33)43)39-41-37(29-15-6-2-7-16-29)40-38(42-39)30-17-8-3-9-18-30/h1-26H. The van der Waals surface area contributed by atoms with Crippen molar-refractivity contribution in [3.8, 4) is 51.0 Å². The van der Waals surface area contributed by atoms with Gasteiger partial charge in [-0.15, -0.1) is 0 Å². The van der Waals surface area contributed by atoms with Crippen molar-refractivity contribution in [2.75, 3.05) is 0 Å². The van der Waals surface area contributed by atoms with E-state index in [2.05, 4.69) is 95.6 Å². The van der Waals surface area contributed by atoms with E-state index < -0.39 is 0 Å². The first-order valence-corrected chi connectivity index (χ1v) is 14.4. The maximum Gasteiger partial charge on any atom is 0.166 e. The van der Waals surface area contributed by atoms with Gasteiger partial charge in [-0.25, -0.2) is 15.0 Å². The molecule has 0 atom stereocenters. The highest BCUT2D eigenvalue weighted by Gasteiger charge is 2.19. The minimum atomic E-state index is 0.642. The van der Waals surface area contributed by atoms with Gasteiger partial charge in [0, 0.05) is 33.2 Å². The van der Waals surface area contributed by atoms with E-state index in [1.165, 1.54) is 16.5 Å². The summed E-state index contributed by atoms with van der Waals surface area (Å²) in [7, 11) is 0. The van der Waals surface area contributed by atoms with E-state index in [0.29, 0.717) is 17.5 Å². The highest BCUT2D eigenvalue weighted by atomic mass is 15.0. The fraction of sp³-hybridized carbons (Fsp3) is 0. The summed E-state index contributed by atoms with van der Waals surface area (Å²) in [4.78, 5) is 15.1. The Kier molecular flexibility index (Phi) is 6.08. The highest BCUT2D eigenvalue weighted by Crippen LogP contribution is 2.38. The van der Waals surface area contributed by atoms with Crippen LogP contribution in [0, 0.1) is 0 Å². The number of para-hydroxylation sites is 2. The Labute approximate surface area is 249 Å². The van der Waals surface area contributed by atoms with Gasteiger partial charge in [0.25, 0.3) is 0 Å². The van der Waals surface area contributed by atoms with Crippen LogP contribution in [0.25, 0.3) is 72.8 Å². The molecular weight excluding hydrogens is 524 g/mol. The number of rotatable bonds is 5. The molecule has 0 amide bonds. The van der Waals surface area contributed by atoms with Crippen LogP contribution in [0.4, 0.5) is 0 Å². The molecule has 0 aliphatic rings. The average Bonchev–Trinajstić information content (AvgIpc) is 3.44. The lowest BCUT2D eigenvalue weighted by Crippen LogP contribution is -2.02. The van der Waals surface area contributed by atoms with Crippen LogP contribution in [0.2, 0.25) is 0 Å². The Balaban J connectivity index is 1.39. The third-order valence-electron chi connectivity index (χ3n) is 7.87. The van der Waals surface area contributed by atoms with Crippen LogP contribution in [0.3, 0.4) is 0 Å². The summed E-state index contributed by atoms with van der Waals surface area (Å²) in [5, 5.41) is 2.34. The van der Waals surface area contributed by atoms with Crippen LogP contribution in [0.1, 0.15) is 0 Å². The molecule has 6 aromatic carbocycles. The molecule has 8 aromatic rings. The minimum Gasteiger partial charge on any atom is -0.308 e. The van der Waals surface area contributed by atoms with Crippen LogP contribution in [-0.4, -0.2) is 19.5 Å². The Hall–Kier alpha value is -5.87. The molecule has 0 saturated carbocycles. The summed E-state index contributed by atoms with van der Waals surface area (Å²) >= 11 is 0. The maximum absolute atomic E-state index is 5.07. The second-order valence-electron chi connectivity index (χ2n) is 10.5. The van der Waals surface area contributed by atoms with Gasteiger partial charge in [0.15, 0.2) is 17.5 Å². The van der Waals surface area contributed by atoms with Crippen molar-refractivity contribution in [3.63, 3.8) is 0 Å². The molecule has 0 fully saturated rings. The van der Waals surface area contributed by atoms with Crippen LogP contribution in [-0.2, 0) is 0 Å². The number of benzene rings is 6. The number of nitrogens with zero attached hydrogens (tertiary/aromatic N) is 4. The van der Waals surface area contributed by atoms with Crippen LogP contribution >= 0.6 is 0 Å². The van der Waals surface area contributed by atoms with Crippen molar-refractivity contribution >= 4 is 21.8 Å². The maximum atomic E-state index is 5.07. The number of hydrogen-bond donors (Lipinski definition) is 0. The van der Waals surface area contributed by atoms with Crippen LogP contribution in [0.15, 0.2) is 158 Å². The van der Waals surface area contributed by atoms with Gasteiger partial charge in [-0.1, -0.05) is 133 Å². The second-order valence-corrected chi connectivity index (χ2v) is 10.5. The van der Waals surface area contributed by atoms with E-state index in [0.717, 1.165) is 38.8 Å². The highest BCUT2D eigenvalue weighted by molar-refractivity contribution is 6.13. The molecule has 202 valence electrons. The van der Waals surface area contributed by atoms with Gasteiger partial charge in [0.05, 0.1) is 11.0 Å². The fourth-order valence-electron chi connectivity index (χ4n) is 5.83. The molecule has 0 N–H and O–H groups in total. The van der Waals surface area contributed by atoms with Gasteiger partial charge in [0.2, 0.25) is 0 Å². The molecule has 0 unspecified atom stereocenters. The lowest BCUT2D eigenvalue weighted by atomic mass is 10.1. The zero-order valence-corrected chi connectivity index (χ0v) is 23.3. The first kappa shape index (κ1) is 24.9.